The molecule has 3 aromatic rings. The number of allylic oxidation sites excluding steroid dienone is 2. The van der Waals surface area contributed by atoms with Crippen LogP contribution >= 0.6 is 0 Å². The van der Waals surface area contributed by atoms with E-state index in [2.05, 4.69) is 37.0 Å². The number of rotatable bonds is 5. The third kappa shape index (κ3) is 3.01. The molecule has 126 valence electrons. The van der Waals surface area contributed by atoms with Crippen molar-refractivity contribution in [1.29, 1.82) is 0 Å². The second-order valence-electron chi connectivity index (χ2n) is 4.96. The average molecular weight is 340 g/mol. The van der Waals surface area contributed by atoms with Crippen molar-refractivity contribution in [3.63, 3.8) is 0 Å². The molecule has 0 unspecified atom stereocenters. The standard InChI is InChI=1S/C17H14F2N6/c1-20-7-3-4-10(13-11(18)5-6-12(21-2)14(13)19)15-16-17(24-8-22-15)25-9-23-16/h3-9,21H,1H2,2H3,(H,22,23,24,25)/b7-3-,10-4+. The van der Waals surface area contributed by atoms with Crippen LogP contribution in [0, 0.1) is 11.6 Å². The first-order chi connectivity index (χ1) is 12.2. The van der Waals surface area contributed by atoms with Crippen LogP contribution in [-0.2, 0) is 0 Å². The lowest BCUT2D eigenvalue weighted by atomic mass is 9.99. The highest BCUT2D eigenvalue weighted by molar-refractivity contribution is 5.92. The summed E-state index contributed by atoms with van der Waals surface area (Å²) >= 11 is 0. The SMILES string of the molecule is C=N/C=C\C=C(/c1c(F)ccc(NC)c1F)c1ncnc2nc[nH]c12. The number of nitrogens with zero attached hydrogens (tertiary/aromatic N) is 4. The largest absolute Gasteiger partial charge is 0.386 e. The van der Waals surface area contributed by atoms with E-state index in [4.69, 9.17) is 0 Å². The van der Waals surface area contributed by atoms with E-state index in [-0.39, 0.29) is 16.8 Å². The van der Waals surface area contributed by atoms with Gasteiger partial charge in [0.05, 0.1) is 17.6 Å². The Labute approximate surface area is 142 Å². The van der Waals surface area contributed by atoms with Crippen LogP contribution < -0.4 is 5.32 Å². The van der Waals surface area contributed by atoms with Crippen LogP contribution in [0.4, 0.5) is 14.5 Å². The highest BCUT2D eigenvalue weighted by atomic mass is 19.1. The molecule has 0 fully saturated rings. The monoisotopic (exact) mass is 340 g/mol. The number of fused-ring (bicyclic) bond motifs is 1. The van der Waals surface area contributed by atoms with Crippen LogP contribution in [0.5, 0.6) is 0 Å². The van der Waals surface area contributed by atoms with E-state index in [1.165, 1.54) is 43.1 Å². The first-order valence-corrected chi connectivity index (χ1v) is 7.30. The Bertz CT molecular complexity index is 990. The highest BCUT2D eigenvalue weighted by Gasteiger charge is 2.21. The maximum Gasteiger partial charge on any atom is 0.181 e. The zero-order chi connectivity index (χ0) is 17.8. The van der Waals surface area contributed by atoms with E-state index in [0.29, 0.717) is 16.9 Å². The molecule has 2 heterocycles. The van der Waals surface area contributed by atoms with E-state index in [1.54, 1.807) is 7.05 Å². The number of imidazole rings is 1. The number of benzene rings is 1. The Hall–Kier alpha value is -3.42. The first-order valence-electron chi connectivity index (χ1n) is 7.30. The Morgan fingerprint density at radius 1 is 1.28 bits per heavy atom. The number of halogens is 2. The predicted molar refractivity (Wildman–Crippen MR) is 93.4 cm³/mol. The van der Waals surface area contributed by atoms with Crippen molar-refractivity contribution >= 4 is 29.1 Å². The van der Waals surface area contributed by atoms with Crippen LogP contribution in [0.2, 0.25) is 0 Å². The van der Waals surface area contributed by atoms with Gasteiger partial charge in [0, 0.05) is 18.8 Å². The van der Waals surface area contributed by atoms with Gasteiger partial charge in [0.2, 0.25) is 0 Å². The predicted octanol–water partition coefficient (Wildman–Crippen LogP) is 3.32. The Morgan fingerprint density at radius 2 is 2.12 bits per heavy atom. The third-order valence-electron chi connectivity index (χ3n) is 3.56. The molecule has 0 amide bonds. The molecule has 25 heavy (non-hydrogen) atoms. The van der Waals surface area contributed by atoms with Crippen molar-refractivity contribution in [2.24, 2.45) is 4.99 Å². The van der Waals surface area contributed by atoms with Crippen molar-refractivity contribution < 1.29 is 8.78 Å². The fourth-order valence-corrected chi connectivity index (χ4v) is 2.44. The van der Waals surface area contributed by atoms with E-state index in [1.807, 2.05) is 0 Å². The van der Waals surface area contributed by atoms with Crippen molar-refractivity contribution in [3.05, 3.63) is 66.0 Å². The minimum atomic E-state index is -0.722. The maximum absolute atomic E-state index is 14.8. The smallest absolute Gasteiger partial charge is 0.181 e. The van der Waals surface area contributed by atoms with E-state index < -0.39 is 11.6 Å². The van der Waals surface area contributed by atoms with Gasteiger partial charge in [-0.15, -0.1) is 0 Å². The summed E-state index contributed by atoms with van der Waals surface area (Å²) in [7, 11) is 1.56. The summed E-state index contributed by atoms with van der Waals surface area (Å²) in [5.41, 5.74) is 1.37. The normalized spacial score (nSPS) is 12.0. The second-order valence-corrected chi connectivity index (χ2v) is 4.96. The summed E-state index contributed by atoms with van der Waals surface area (Å²) in [6, 6.07) is 2.53. The number of nitrogens with one attached hydrogen (secondary N) is 2. The third-order valence-corrected chi connectivity index (χ3v) is 3.56. The van der Waals surface area contributed by atoms with Gasteiger partial charge in [-0.1, -0.05) is 6.08 Å². The molecule has 2 N–H and O–H groups in total. The van der Waals surface area contributed by atoms with Crippen molar-refractivity contribution in [1.82, 2.24) is 19.9 Å². The molecule has 0 aliphatic carbocycles. The molecule has 1 aromatic carbocycles. The summed E-state index contributed by atoms with van der Waals surface area (Å²) in [5, 5.41) is 2.70. The van der Waals surface area contributed by atoms with Crippen molar-refractivity contribution in [3.8, 4) is 0 Å². The molecular weight excluding hydrogens is 326 g/mol. The quantitative estimate of drug-likeness (QED) is 0.552. The molecule has 0 saturated carbocycles. The number of aliphatic imine (C=N–C) groups is 1. The van der Waals surface area contributed by atoms with Crippen LogP contribution in [0.1, 0.15) is 11.3 Å². The molecular formula is C17H14F2N6. The zero-order valence-corrected chi connectivity index (χ0v) is 13.3. The van der Waals surface area contributed by atoms with Crippen LogP contribution in [0.25, 0.3) is 16.7 Å². The fraction of sp³-hybridized carbons (Fsp3) is 0.0588. The Balaban J connectivity index is 2.32. The summed E-state index contributed by atoms with van der Waals surface area (Å²) in [6.45, 7) is 3.34. The molecule has 0 radical (unpaired) electrons. The van der Waals surface area contributed by atoms with Gasteiger partial charge in [0.1, 0.15) is 23.4 Å². The molecule has 3 rings (SSSR count). The molecule has 0 atom stereocenters. The lowest BCUT2D eigenvalue weighted by Gasteiger charge is -2.12. The van der Waals surface area contributed by atoms with Crippen LogP contribution in [0.3, 0.4) is 0 Å². The number of hydrogen-bond acceptors (Lipinski definition) is 5. The summed E-state index contributed by atoms with van der Waals surface area (Å²) in [6.07, 6.45) is 7.18. The van der Waals surface area contributed by atoms with Crippen LogP contribution in [0.15, 0.2) is 48.1 Å². The Morgan fingerprint density at radius 3 is 2.88 bits per heavy atom. The lowest BCUT2D eigenvalue weighted by molar-refractivity contribution is 0.579. The fourth-order valence-electron chi connectivity index (χ4n) is 2.44. The van der Waals surface area contributed by atoms with E-state index in [0.717, 1.165) is 0 Å². The van der Waals surface area contributed by atoms with Crippen LogP contribution in [-0.4, -0.2) is 33.7 Å². The number of hydrogen-bond donors (Lipinski definition) is 2. The molecule has 6 nitrogen and oxygen atoms in total. The van der Waals surface area contributed by atoms with Gasteiger partial charge in [0.15, 0.2) is 11.5 Å². The second kappa shape index (κ2) is 7.00. The van der Waals surface area contributed by atoms with Gasteiger partial charge in [-0.3, -0.25) is 4.99 Å². The molecule has 0 bridgehead atoms. The molecule has 0 spiro atoms. The van der Waals surface area contributed by atoms with Crippen molar-refractivity contribution in [2.45, 2.75) is 0 Å². The first kappa shape index (κ1) is 16.4. The number of aromatic nitrogens is 4. The lowest BCUT2D eigenvalue weighted by Crippen LogP contribution is -2.03. The minimum Gasteiger partial charge on any atom is -0.386 e. The topological polar surface area (TPSA) is 78.8 Å². The number of aromatic amines is 1. The summed E-state index contributed by atoms with van der Waals surface area (Å²) in [5.74, 6) is -1.44. The van der Waals surface area contributed by atoms with E-state index in [9.17, 15) is 8.78 Å². The van der Waals surface area contributed by atoms with Gasteiger partial charge in [-0.2, -0.15) is 0 Å². The summed E-state index contributed by atoms with van der Waals surface area (Å²) in [4.78, 5) is 18.8. The molecule has 0 aliphatic heterocycles. The molecule has 8 heteroatoms. The van der Waals surface area contributed by atoms with Gasteiger partial charge in [0.25, 0.3) is 0 Å². The Kier molecular flexibility index (Phi) is 4.60. The average Bonchev–Trinajstić information content (AvgIpc) is 3.09. The van der Waals surface area contributed by atoms with Gasteiger partial charge in [-0.05, 0) is 24.9 Å². The van der Waals surface area contributed by atoms with Crippen molar-refractivity contribution in [2.75, 3.05) is 12.4 Å². The number of H-pyrrole nitrogens is 1. The molecule has 0 saturated heterocycles. The minimum absolute atomic E-state index is 0.169. The van der Waals surface area contributed by atoms with Gasteiger partial charge >= 0.3 is 0 Å². The molecule has 0 aliphatic rings. The summed E-state index contributed by atoms with van der Waals surface area (Å²) < 4.78 is 29.3. The highest BCUT2D eigenvalue weighted by Crippen LogP contribution is 2.32. The van der Waals surface area contributed by atoms with E-state index >= 15 is 0 Å². The zero-order valence-electron chi connectivity index (χ0n) is 13.3. The van der Waals surface area contributed by atoms with Gasteiger partial charge < -0.3 is 10.3 Å². The van der Waals surface area contributed by atoms with Gasteiger partial charge in [-0.25, -0.2) is 23.7 Å². The maximum atomic E-state index is 14.8. The number of anilines is 1. The molecule has 2 aromatic heterocycles.